The van der Waals surface area contributed by atoms with Gasteiger partial charge in [0.25, 0.3) is 5.91 Å². The third-order valence-corrected chi connectivity index (χ3v) is 6.47. The van der Waals surface area contributed by atoms with Crippen LogP contribution in [0.15, 0.2) is 27.8 Å². The van der Waals surface area contributed by atoms with Gasteiger partial charge in [0.05, 0.1) is 11.1 Å². The summed E-state index contributed by atoms with van der Waals surface area (Å²) in [6, 6.07) is 5.93. The summed E-state index contributed by atoms with van der Waals surface area (Å²) in [5, 5.41) is 8.26. The van der Waals surface area contributed by atoms with E-state index in [0.717, 1.165) is 46.2 Å². The lowest BCUT2D eigenvalue weighted by Crippen LogP contribution is -2.16. The molecule has 0 saturated carbocycles. The monoisotopic (exact) mass is 396 g/mol. The van der Waals surface area contributed by atoms with Crippen LogP contribution in [0.2, 0.25) is 0 Å². The number of aromatic nitrogens is 2. The molecule has 1 unspecified atom stereocenters. The number of hydrogen-bond acceptors (Lipinski definition) is 5. The van der Waals surface area contributed by atoms with Crippen LogP contribution in [0.5, 0.6) is 0 Å². The van der Waals surface area contributed by atoms with Crippen molar-refractivity contribution in [2.75, 3.05) is 0 Å². The van der Waals surface area contributed by atoms with Crippen molar-refractivity contribution >= 4 is 23.5 Å². The molecule has 1 aliphatic carbocycles. The number of amides is 1. The molecule has 0 bridgehead atoms. The lowest BCUT2D eigenvalue weighted by Gasteiger charge is -2.16. The second kappa shape index (κ2) is 7.39. The van der Waals surface area contributed by atoms with Gasteiger partial charge in [0, 0.05) is 27.9 Å². The van der Waals surface area contributed by atoms with E-state index < -0.39 is 0 Å². The number of hydrazone groups is 1. The SMILES string of the molecule is Cc1cc(-n2c(C)cc(/C=N/NC(=O)c3cc4c(s3)CCC(C)C4)c2C)no1. The van der Waals surface area contributed by atoms with Gasteiger partial charge in [-0.1, -0.05) is 12.1 Å². The minimum absolute atomic E-state index is 0.149. The molecule has 3 aromatic rings. The number of rotatable bonds is 4. The molecular weight excluding hydrogens is 372 g/mol. The van der Waals surface area contributed by atoms with Crippen LogP contribution in [0.1, 0.15) is 56.2 Å². The van der Waals surface area contributed by atoms with Gasteiger partial charge >= 0.3 is 0 Å². The summed E-state index contributed by atoms with van der Waals surface area (Å²) in [5.41, 5.74) is 6.93. The van der Waals surface area contributed by atoms with Gasteiger partial charge in [0.1, 0.15) is 5.76 Å². The van der Waals surface area contributed by atoms with E-state index in [9.17, 15) is 4.79 Å². The van der Waals surface area contributed by atoms with Crippen LogP contribution in [-0.4, -0.2) is 21.8 Å². The summed E-state index contributed by atoms with van der Waals surface area (Å²) >= 11 is 1.59. The number of hydrogen-bond donors (Lipinski definition) is 1. The van der Waals surface area contributed by atoms with Gasteiger partial charge in [0.15, 0.2) is 5.82 Å². The normalized spacial score (nSPS) is 16.5. The number of aryl methyl sites for hydroxylation is 3. The first-order valence-corrected chi connectivity index (χ1v) is 10.3. The topological polar surface area (TPSA) is 72.4 Å². The molecule has 1 atom stereocenters. The van der Waals surface area contributed by atoms with Crippen molar-refractivity contribution < 1.29 is 9.32 Å². The molecule has 6 nitrogen and oxygen atoms in total. The van der Waals surface area contributed by atoms with E-state index >= 15 is 0 Å². The number of thiophene rings is 1. The number of carbonyl (C=O) groups is 1. The van der Waals surface area contributed by atoms with E-state index in [1.54, 1.807) is 17.6 Å². The van der Waals surface area contributed by atoms with Crippen molar-refractivity contribution in [3.8, 4) is 5.82 Å². The third-order valence-electron chi connectivity index (χ3n) is 5.24. The highest BCUT2D eigenvalue weighted by Crippen LogP contribution is 2.32. The van der Waals surface area contributed by atoms with Crippen molar-refractivity contribution in [1.29, 1.82) is 0 Å². The Balaban J connectivity index is 1.47. The Labute approximate surface area is 168 Å². The predicted octanol–water partition coefficient (Wildman–Crippen LogP) is 4.34. The number of nitrogens with one attached hydrogen (secondary N) is 1. The Morgan fingerprint density at radius 2 is 2.18 bits per heavy atom. The highest BCUT2D eigenvalue weighted by Gasteiger charge is 2.20. The van der Waals surface area contributed by atoms with Crippen molar-refractivity contribution in [1.82, 2.24) is 15.1 Å². The first-order chi connectivity index (χ1) is 13.4. The standard InChI is InChI=1S/C21H24N4O2S/c1-12-5-6-18-16(7-12)10-19(28-18)21(26)23-22-11-17-8-13(2)25(15(17)4)20-9-14(3)27-24-20/h8-12H,5-7H2,1-4H3,(H,23,26)/b22-11+. The van der Waals surface area contributed by atoms with Gasteiger partial charge in [-0.3, -0.25) is 9.36 Å². The Kier molecular flexibility index (Phi) is 4.93. The van der Waals surface area contributed by atoms with Crippen molar-refractivity contribution in [2.45, 2.75) is 47.0 Å². The van der Waals surface area contributed by atoms with Crippen LogP contribution < -0.4 is 5.43 Å². The molecule has 3 aromatic heterocycles. The van der Waals surface area contributed by atoms with Gasteiger partial charge in [-0.15, -0.1) is 11.3 Å². The van der Waals surface area contributed by atoms with Crippen LogP contribution >= 0.6 is 11.3 Å². The van der Waals surface area contributed by atoms with Crippen LogP contribution in [0.25, 0.3) is 5.82 Å². The molecule has 7 heteroatoms. The quantitative estimate of drug-likeness (QED) is 0.527. The van der Waals surface area contributed by atoms with E-state index in [1.807, 2.05) is 43.5 Å². The number of carbonyl (C=O) groups excluding carboxylic acids is 1. The van der Waals surface area contributed by atoms with Crippen LogP contribution in [-0.2, 0) is 12.8 Å². The zero-order chi connectivity index (χ0) is 19.8. The molecule has 4 rings (SSSR count). The van der Waals surface area contributed by atoms with Crippen LogP contribution in [0.3, 0.4) is 0 Å². The van der Waals surface area contributed by atoms with Gasteiger partial charge in [-0.05, 0) is 63.6 Å². The average molecular weight is 397 g/mol. The lowest BCUT2D eigenvalue weighted by atomic mass is 9.90. The molecule has 1 aliphatic rings. The van der Waals surface area contributed by atoms with E-state index in [2.05, 4.69) is 22.6 Å². The average Bonchev–Trinajstić information content (AvgIpc) is 3.32. The zero-order valence-electron chi connectivity index (χ0n) is 16.6. The lowest BCUT2D eigenvalue weighted by molar-refractivity contribution is 0.0959. The Hall–Kier alpha value is -2.67. The zero-order valence-corrected chi connectivity index (χ0v) is 17.4. The molecule has 0 radical (unpaired) electrons. The van der Waals surface area contributed by atoms with E-state index in [1.165, 1.54) is 16.9 Å². The second-order valence-corrected chi connectivity index (χ2v) is 8.70. The van der Waals surface area contributed by atoms with E-state index in [-0.39, 0.29) is 5.91 Å². The smallest absolute Gasteiger partial charge is 0.281 e. The molecule has 0 aliphatic heterocycles. The molecule has 0 spiro atoms. The highest BCUT2D eigenvalue weighted by molar-refractivity contribution is 7.14. The summed E-state index contributed by atoms with van der Waals surface area (Å²) in [7, 11) is 0. The summed E-state index contributed by atoms with van der Waals surface area (Å²) in [6.45, 7) is 8.13. The maximum absolute atomic E-state index is 12.5. The summed E-state index contributed by atoms with van der Waals surface area (Å²) in [4.78, 5) is 14.6. The second-order valence-electron chi connectivity index (χ2n) is 7.56. The molecule has 1 N–H and O–H groups in total. The van der Waals surface area contributed by atoms with Crippen molar-refractivity contribution in [2.24, 2.45) is 11.0 Å². The minimum atomic E-state index is -0.149. The van der Waals surface area contributed by atoms with Gasteiger partial charge in [-0.2, -0.15) is 5.10 Å². The molecule has 0 saturated heterocycles. The minimum Gasteiger partial charge on any atom is -0.360 e. The third kappa shape index (κ3) is 3.54. The van der Waals surface area contributed by atoms with E-state index in [0.29, 0.717) is 5.92 Å². The Morgan fingerprint density at radius 3 is 2.93 bits per heavy atom. The fourth-order valence-electron chi connectivity index (χ4n) is 3.76. The van der Waals surface area contributed by atoms with Gasteiger partial charge in [0.2, 0.25) is 0 Å². The summed E-state index contributed by atoms with van der Waals surface area (Å²) < 4.78 is 7.19. The molecule has 0 fully saturated rings. The first kappa shape index (κ1) is 18.7. The van der Waals surface area contributed by atoms with Crippen LogP contribution in [0.4, 0.5) is 0 Å². The Morgan fingerprint density at radius 1 is 1.36 bits per heavy atom. The largest absolute Gasteiger partial charge is 0.360 e. The van der Waals surface area contributed by atoms with Crippen molar-refractivity contribution in [3.05, 3.63) is 56.2 Å². The fraction of sp³-hybridized carbons (Fsp3) is 0.381. The fourth-order valence-corrected chi connectivity index (χ4v) is 4.86. The first-order valence-electron chi connectivity index (χ1n) is 9.50. The summed E-state index contributed by atoms with van der Waals surface area (Å²) in [6.07, 6.45) is 5.02. The maximum atomic E-state index is 12.5. The Bertz CT molecular complexity index is 1060. The highest BCUT2D eigenvalue weighted by atomic mass is 32.1. The molecular formula is C21H24N4O2S. The summed E-state index contributed by atoms with van der Waals surface area (Å²) in [5.74, 6) is 2.05. The van der Waals surface area contributed by atoms with Gasteiger partial charge in [-0.25, -0.2) is 5.43 Å². The van der Waals surface area contributed by atoms with Crippen LogP contribution in [0, 0.1) is 26.7 Å². The van der Waals surface area contributed by atoms with E-state index in [4.69, 9.17) is 4.52 Å². The number of fused-ring (bicyclic) bond motifs is 1. The molecule has 28 heavy (non-hydrogen) atoms. The molecule has 0 aromatic carbocycles. The molecule has 146 valence electrons. The molecule has 1 amide bonds. The van der Waals surface area contributed by atoms with Gasteiger partial charge < -0.3 is 4.52 Å². The maximum Gasteiger partial charge on any atom is 0.281 e. The number of nitrogens with zero attached hydrogens (tertiary/aromatic N) is 3. The van der Waals surface area contributed by atoms with Crippen molar-refractivity contribution in [3.63, 3.8) is 0 Å². The predicted molar refractivity (Wildman–Crippen MR) is 111 cm³/mol. The molecule has 3 heterocycles.